The van der Waals surface area contributed by atoms with Crippen LogP contribution in [0.5, 0.6) is 0 Å². The van der Waals surface area contributed by atoms with Crippen molar-refractivity contribution in [3.05, 3.63) is 33.9 Å². The van der Waals surface area contributed by atoms with E-state index >= 15 is 0 Å². The molecule has 1 aliphatic heterocycles. The lowest BCUT2D eigenvalue weighted by Gasteiger charge is -2.40. The number of thiazole rings is 1. The SMILES string of the molecule is CC(NCC1CN(c2cc3c(nn2)CCCC3)C1)c1nccs1. The van der Waals surface area contributed by atoms with Gasteiger partial charge in [-0.3, -0.25) is 0 Å². The van der Waals surface area contributed by atoms with Gasteiger partial charge in [0.05, 0.1) is 11.7 Å². The van der Waals surface area contributed by atoms with E-state index in [1.807, 2.05) is 11.6 Å². The molecule has 2 aliphatic rings. The average molecular weight is 329 g/mol. The minimum atomic E-state index is 0.340. The molecule has 0 amide bonds. The Kier molecular flexibility index (Phi) is 4.27. The highest BCUT2D eigenvalue weighted by Crippen LogP contribution is 2.27. The van der Waals surface area contributed by atoms with Crippen molar-refractivity contribution in [3.8, 4) is 0 Å². The highest BCUT2D eigenvalue weighted by molar-refractivity contribution is 7.09. The lowest BCUT2D eigenvalue weighted by atomic mass is 9.95. The zero-order valence-corrected chi connectivity index (χ0v) is 14.4. The average Bonchev–Trinajstić information content (AvgIpc) is 3.07. The molecule has 1 fully saturated rings. The van der Waals surface area contributed by atoms with Gasteiger partial charge in [0.1, 0.15) is 5.01 Å². The summed E-state index contributed by atoms with van der Waals surface area (Å²) in [5.74, 6) is 1.75. The highest BCUT2D eigenvalue weighted by atomic mass is 32.1. The normalized spacial score (nSPS) is 19.3. The molecule has 0 spiro atoms. The standard InChI is InChI=1S/C17H23N5S/c1-12(17-18-6-7-23-17)19-9-13-10-22(11-13)16-8-14-4-2-3-5-15(14)20-21-16/h6-8,12-13,19H,2-5,9-11H2,1H3. The second-order valence-corrected chi connectivity index (χ2v) is 7.58. The number of aromatic nitrogens is 3. The summed E-state index contributed by atoms with van der Waals surface area (Å²) in [6, 6.07) is 2.61. The number of rotatable bonds is 5. The van der Waals surface area contributed by atoms with Gasteiger partial charge in [0.25, 0.3) is 0 Å². The van der Waals surface area contributed by atoms with Gasteiger partial charge in [-0.25, -0.2) is 4.98 Å². The van der Waals surface area contributed by atoms with E-state index in [-0.39, 0.29) is 0 Å². The van der Waals surface area contributed by atoms with Crippen molar-refractivity contribution in [2.24, 2.45) is 5.92 Å². The van der Waals surface area contributed by atoms with Gasteiger partial charge < -0.3 is 10.2 Å². The second-order valence-electron chi connectivity index (χ2n) is 6.65. The van der Waals surface area contributed by atoms with E-state index < -0.39 is 0 Å². The van der Waals surface area contributed by atoms with E-state index in [1.165, 1.54) is 35.5 Å². The Morgan fingerprint density at radius 3 is 3.00 bits per heavy atom. The van der Waals surface area contributed by atoms with E-state index in [0.717, 1.165) is 31.9 Å². The fourth-order valence-electron chi connectivity index (χ4n) is 3.40. The fourth-order valence-corrected chi connectivity index (χ4v) is 4.07. The minimum Gasteiger partial charge on any atom is -0.354 e. The molecule has 1 N–H and O–H groups in total. The molecule has 0 radical (unpaired) electrons. The van der Waals surface area contributed by atoms with Crippen LogP contribution >= 0.6 is 11.3 Å². The molecule has 6 heteroatoms. The monoisotopic (exact) mass is 329 g/mol. The highest BCUT2D eigenvalue weighted by Gasteiger charge is 2.29. The van der Waals surface area contributed by atoms with Crippen molar-refractivity contribution in [3.63, 3.8) is 0 Å². The molecule has 3 heterocycles. The van der Waals surface area contributed by atoms with Gasteiger partial charge in [0, 0.05) is 37.1 Å². The van der Waals surface area contributed by atoms with Gasteiger partial charge in [-0.2, -0.15) is 5.10 Å². The van der Waals surface area contributed by atoms with Crippen LogP contribution in [0.3, 0.4) is 0 Å². The van der Waals surface area contributed by atoms with Crippen molar-refractivity contribution < 1.29 is 0 Å². The molecule has 23 heavy (non-hydrogen) atoms. The van der Waals surface area contributed by atoms with Gasteiger partial charge in [0.2, 0.25) is 0 Å². The molecule has 4 rings (SSSR count). The van der Waals surface area contributed by atoms with E-state index in [4.69, 9.17) is 0 Å². The summed E-state index contributed by atoms with van der Waals surface area (Å²) in [5.41, 5.74) is 2.64. The van der Waals surface area contributed by atoms with Crippen LogP contribution in [0.25, 0.3) is 0 Å². The van der Waals surface area contributed by atoms with E-state index in [0.29, 0.717) is 12.0 Å². The number of hydrogen-bond acceptors (Lipinski definition) is 6. The maximum Gasteiger partial charge on any atom is 0.151 e. The molecule has 1 saturated heterocycles. The third kappa shape index (κ3) is 3.23. The lowest BCUT2D eigenvalue weighted by molar-refractivity contribution is 0.365. The predicted molar refractivity (Wildman–Crippen MR) is 92.9 cm³/mol. The summed E-state index contributed by atoms with van der Waals surface area (Å²) in [6.45, 7) is 5.37. The molecule has 2 aromatic heterocycles. The van der Waals surface area contributed by atoms with Gasteiger partial charge in [0.15, 0.2) is 5.82 Å². The summed E-state index contributed by atoms with van der Waals surface area (Å²) < 4.78 is 0. The summed E-state index contributed by atoms with van der Waals surface area (Å²) in [5, 5.41) is 15.7. The first-order valence-electron chi connectivity index (χ1n) is 8.53. The Morgan fingerprint density at radius 2 is 2.17 bits per heavy atom. The van der Waals surface area contributed by atoms with Crippen LogP contribution in [-0.2, 0) is 12.8 Å². The fraction of sp³-hybridized carbons (Fsp3) is 0.588. The molecule has 1 aliphatic carbocycles. The smallest absolute Gasteiger partial charge is 0.151 e. The summed E-state index contributed by atoms with van der Waals surface area (Å²) in [7, 11) is 0. The Bertz CT molecular complexity index is 651. The number of fused-ring (bicyclic) bond motifs is 1. The molecular formula is C17H23N5S. The van der Waals surface area contributed by atoms with E-state index in [1.54, 1.807) is 11.3 Å². The molecular weight excluding hydrogens is 306 g/mol. The molecule has 2 aromatic rings. The van der Waals surface area contributed by atoms with Crippen LogP contribution in [0, 0.1) is 5.92 Å². The number of nitrogens with zero attached hydrogens (tertiary/aromatic N) is 4. The Balaban J connectivity index is 1.28. The second kappa shape index (κ2) is 6.53. The Hall–Kier alpha value is -1.53. The minimum absolute atomic E-state index is 0.340. The number of anilines is 1. The maximum atomic E-state index is 4.44. The molecule has 1 atom stereocenters. The van der Waals surface area contributed by atoms with Gasteiger partial charge in [-0.05, 0) is 44.2 Å². The Labute approximate surface area is 141 Å². The van der Waals surface area contributed by atoms with Crippen molar-refractivity contribution in [1.29, 1.82) is 0 Å². The lowest BCUT2D eigenvalue weighted by Crippen LogP contribution is -2.51. The van der Waals surface area contributed by atoms with Gasteiger partial charge >= 0.3 is 0 Å². The van der Waals surface area contributed by atoms with Crippen LogP contribution in [-0.4, -0.2) is 34.8 Å². The first-order valence-corrected chi connectivity index (χ1v) is 9.41. The molecule has 1 unspecified atom stereocenters. The topological polar surface area (TPSA) is 53.9 Å². The van der Waals surface area contributed by atoms with E-state index in [9.17, 15) is 0 Å². The van der Waals surface area contributed by atoms with Crippen molar-refractivity contribution in [2.45, 2.75) is 38.6 Å². The van der Waals surface area contributed by atoms with Crippen LogP contribution in [0.4, 0.5) is 5.82 Å². The number of nitrogens with one attached hydrogen (secondary N) is 1. The third-order valence-electron chi connectivity index (χ3n) is 4.87. The molecule has 0 bridgehead atoms. The zero-order chi connectivity index (χ0) is 15.6. The van der Waals surface area contributed by atoms with Crippen LogP contribution in [0.2, 0.25) is 0 Å². The quantitative estimate of drug-likeness (QED) is 0.914. The van der Waals surface area contributed by atoms with Gasteiger partial charge in [-0.1, -0.05) is 0 Å². The van der Waals surface area contributed by atoms with Crippen molar-refractivity contribution in [2.75, 3.05) is 24.5 Å². The van der Waals surface area contributed by atoms with Crippen LogP contribution in [0.15, 0.2) is 17.6 Å². The number of hydrogen-bond donors (Lipinski definition) is 1. The molecule has 122 valence electrons. The van der Waals surface area contributed by atoms with Crippen LogP contribution < -0.4 is 10.2 Å². The summed E-state index contributed by atoms with van der Waals surface area (Å²) in [4.78, 5) is 6.72. The van der Waals surface area contributed by atoms with Gasteiger partial charge in [-0.15, -0.1) is 16.4 Å². The Morgan fingerprint density at radius 1 is 1.30 bits per heavy atom. The molecule has 5 nitrogen and oxygen atoms in total. The largest absolute Gasteiger partial charge is 0.354 e. The number of aryl methyl sites for hydroxylation is 2. The van der Waals surface area contributed by atoms with Crippen molar-refractivity contribution >= 4 is 17.2 Å². The van der Waals surface area contributed by atoms with E-state index in [2.05, 4.69) is 38.4 Å². The first-order chi connectivity index (χ1) is 11.3. The summed E-state index contributed by atoms with van der Waals surface area (Å²) >= 11 is 1.72. The predicted octanol–water partition coefficient (Wildman–Crippen LogP) is 2.60. The maximum absolute atomic E-state index is 4.44. The van der Waals surface area contributed by atoms with Crippen molar-refractivity contribution in [1.82, 2.24) is 20.5 Å². The molecule has 0 aromatic carbocycles. The summed E-state index contributed by atoms with van der Waals surface area (Å²) in [6.07, 6.45) is 6.69. The first kappa shape index (κ1) is 15.0. The molecule has 0 saturated carbocycles. The van der Waals surface area contributed by atoms with Crippen LogP contribution in [0.1, 0.15) is 42.1 Å². The third-order valence-corrected chi connectivity index (χ3v) is 5.83. The zero-order valence-electron chi connectivity index (χ0n) is 13.5.